The van der Waals surface area contributed by atoms with Crippen molar-refractivity contribution >= 4 is 0 Å². The number of likely N-dealkylation sites (N-methyl/N-ethyl adjacent to an activating group) is 1. The Balaban J connectivity index is 0.000000396. The van der Waals surface area contributed by atoms with Gasteiger partial charge >= 0.3 is 0 Å². The third kappa shape index (κ3) is 4.68. The minimum atomic E-state index is 0.983. The predicted octanol–water partition coefficient (Wildman–Crippen LogP) is 4.02. The van der Waals surface area contributed by atoms with Crippen molar-refractivity contribution in [2.45, 2.75) is 19.4 Å². The molecule has 0 bridgehead atoms. The van der Waals surface area contributed by atoms with Gasteiger partial charge in [0.25, 0.3) is 0 Å². The van der Waals surface area contributed by atoms with Crippen molar-refractivity contribution in [2.24, 2.45) is 0 Å². The molecule has 1 aliphatic rings. The summed E-state index contributed by atoms with van der Waals surface area (Å²) in [6.07, 6.45) is 9.21. The van der Waals surface area contributed by atoms with Crippen LogP contribution in [0.3, 0.4) is 0 Å². The van der Waals surface area contributed by atoms with Gasteiger partial charge in [-0.25, -0.2) is 0 Å². The number of rotatable bonds is 3. The number of hydrogen-bond acceptors (Lipinski definition) is 2. The number of fused-ring (bicyclic) bond motifs is 1. The van der Waals surface area contributed by atoms with Gasteiger partial charge in [-0.15, -0.1) is 0 Å². The van der Waals surface area contributed by atoms with Crippen molar-refractivity contribution < 1.29 is 0 Å². The van der Waals surface area contributed by atoms with Crippen molar-refractivity contribution in [3.05, 3.63) is 90.3 Å². The lowest BCUT2D eigenvalue weighted by molar-refractivity contribution is 0.313. The molecule has 0 unspecified atom stereocenters. The Morgan fingerprint density at radius 1 is 1.14 bits per heavy atom. The topological polar surface area (TPSA) is 16.1 Å². The van der Waals surface area contributed by atoms with E-state index in [9.17, 15) is 0 Å². The molecule has 2 nitrogen and oxygen atoms in total. The zero-order chi connectivity index (χ0) is 15.8. The lowest BCUT2D eigenvalue weighted by Crippen LogP contribution is -2.26. The van der Waals surface area contributed by atoms with E-state index in [1.165, 1.54) is 35.2 Å². The first-order chi connectivity index (χ1) is 10.7. The molecule has 22 heavy (non-hydrogen) atoms. The summed E-state index contributed by atoms with van der Waals surface area (Å²) < 4.78 is 0. The predicted molar refractivity (Wildman–Crippen MR) is 93.9 cm³/mol. The molecule has 1 aromatic heterocycles. The Labute approximate surface area is 133 Å². The van der Waals surface area contributed by atoms with Crippen LogP contribution in [0.15, 0.2) is 68.0 Å². The van der Waals surface area contributed by atoms with Gasteiger partial charge in [-0.2, -0.15) is 0 Å². The zero-order valence-corrected chi connectivity index (χ0v) is 13.3. The summed E-state index contributed by atoms with van der Waals surface area (Å²) >= 11 is 0. The third-order valence-electron chi connectivity index (χ3n) is 3.77. The van der Waals surface area contributed by atoms with Crippen LogP contribution in [-0.2, 0) is 19.4 Å². The summed E-state index contributed by atoms with van der Waals surface area (Å²) in [5.74, 6) is 0. The highest BCUT2D eigenvalue weighted by atomic mass is 15.1. The van der Waals surface area contributed by atoms with Crippen molar-refractivity contribution in [3.8, 4) is 0 Å². The van der Waals surface area contributed by atoms with Crippen LogP contribution >= 0.6 is 0 Å². The quantitative estimate of drug-likeness (QED) is 0.794. The molecule has 2 heteroatoms. The third-order valence-corrected chi connectivity index (χ3v) is 3.77. The van der Waals surface area contributed by atoms with Crippen LogP contribution in [0.25, 0.3) is 0 Å². The summed E-state index contributed by atoms with van der Waals surface area (Å²) in [7, 11) is 2.19. The fourth-order valence-corrected chi connectivity index (χ4v) is 2.60. The summed E-state index contributed by atoms with van der Waals surface area (Å²) in [5, 5.41) is 0. The Kier molecular flexibility index (Phi) is 6.11. The van der Waals surface area contributed by atoms with E-state index in [2.05, 4.69) is 54.4 Å². The molecule has 0 atom stereocenters. The summed E-state index contributed by atoms with van der Waals surface area (Å²) in [6, 6.07) is 11.1. The van der Waals surface area contributed by atoms with E-state index in [1.54, 1.807) is 12.2 Å². The number of benzene rings is 1. The van der Waals surface area contributed by atoms with Crippen molar-refractivity contribution in [1.82, 2.24) is 9.88 Å². The van der Waals surface area contributed by atoms with Gasteiger partial charge in [0.2, 0.25) is 0 Å². The number of pyridine rings is 1. The highest BCUT2D eigenvalue weighted by Crippen LogP contribution is 2.20. The number of aromatic nitrogens is 1. The highest BCUT2D eigenvalue weighted by Gasteiger charge is 2.13. The molecule has 0 radical (unpaired) electrons. The number of allylic oxidation sites excluding steroid dienone is 2. The molecular weight excluding hydrogens is 268 g/mol. The fraction of sp³-hybridized carbons (Fsp3) is 0.250. The fourth-order valence-electron chi connectivity index (χ4n) is 2.60. The van der Waals surface area contributed by atoms with E-state index >= 15 is 0 Å². The van der Waals surface area contributed by atoms with Gasteiger partial charge in [-0.1, -0.05) is 49.6 Å². The van der Waals surface area contributed by atoms with E-state index in [4.69, 9.17) is 0 Å². The van der Waals surface area contributed by atoms with E-state index in [0.717, 1.165) is 13.0 Å². The smallest absolute Gasteiger partial charge is 0.0303 e. The summed E-state index contributed by atoms with van der Waals surface area (Å²) in [5.41, 5.74) is 5.69. The molecule has 0 amide bonds. The van der Waals surface area contributed by atoms with Gasteiger partial charge in [-0.05, 0) is 48.2 Å². The highest BCUT2D eigenvalue weighted by molar-refractivity contribution is 5.35. The van der Waals surface area contributed by atoms with Crippen molar-refractivity contribution in [2.75, 3.05) is 13.6 Å². The van der Waals surface area contributed by atoms with Gasteiger partial charge in [0.15, 0.2) is 0 Å². The van der Waals surface area contributed by atoms with E-state index < -0.39 is 0 Å². The molecule has 114 valence electrons. The van der Waals surface area contributed by atoms with Crippen LogP contribution in [0, 0.1) is 0 Å². The van der Waals surface area contributed by atoms with Crippen molar-refractivity contribution in [1.29, 1.82) is 0 Å². The van der Waals surface area contributed by atoms with Gasteiger partial charge in [0, 0.05) is 25.5 Å². The number of nitrogens with zero attached hydrogens (tertiary/aromatic N) is 2. The normalized spacial score (nSPS) is 13.5. The SMILES string of the molecule is C=CC=C.CN1CCc2cc(Cc3cccnc3)ccc2C1. The molecule has 0 saturated heterocycles. The standard InChI is InChI=1S/C16H18N2.C4H6/c1-18-8-6-15-10-13(4-5-16(15)12-18)9-14-3-2-7-17-11-14;1-3-4-2/h2-5,7,10-11H,6,8-9,12H2,1H3;3-4H,1-2H2. The van der Waals surface area contributed by atoms with Crippen LogP contribution < -0.4 is 0 Å². The Bertz CT molecular complexity index is 611. The molecule has 0 N–H and O–H groups in total. The molecule has 1 aromatic carbocycles. The number of hydrogen-bond donors (Lipinski definition) is 0. The average Bonchev–Trinajstić information content (AvgIpc) is 2.56. The minimum absolute atomic E-state index is 0.983. The van der Waals surface area contributed by atoms with Crippen LogP contribution in [0.4, 0.5) is 0 Å². The van der Waals surface area contributed by atoms with Gasteiger partial charge in [-0.3, -0.25) is 4.98 Å². The maximum absolute atomic E-state index is 4.17. The molecule has 3 rings (SSSR count). The van der Waals surface area contributed by atoms with E-state index in [0.29, 0.717) is 0 Å². The zero-order valence-electron chi connectivity index (χ0n) is 13.3. The lowest BCUT2D eigenvalue weighted by atomic mass is 9.95. The maximum Gasteiger partial charge on any atom is 0.0303 e. The Morgan fingerprint density at radius 2 is 1.95 bits per heavy atom. The van der Waals surface area contributed by atoms with E-state index in [-0.39, 0.29) is 0 Å². The maximum atomic E-state index is 4.17. The average molecular weight is 292 g/mol. The second-order valence-corrected chi connectivity index (χ2v) is 5.60. The second-order valence-electron chi connectivity index (χ2n) is 5.60. The summed E-state index contributed by atoms with van der Waals surface area (Å²) in [6.45, 7) is 8.98. The van der Waals surface area contributed by atoms with Crippen LogP contribution in [0.5, 0.6) is 0 Å². The molecule has 0 fully saturated rings. The first-order valence-electron chi connectivity index (χ1n) is 7.64. The van der Waals surface area contributed by atoms with Gasteiger partial charge in [0.05, 0.1) is 0 Å². The van der Waals surface area contributed by atoms with Crippen LogP contribution in [0.1, 0.15) is 22.3 Å². The van der Waals surface area contributed by atoms with Gasteiger partial charge < -0.3 is 4.90 Å². The molecule has 2 heterocycles. The minimum Gasteiger partial charge on any atom is -0.302 e. The Hall–Kier alpha value is -2.19. The van der Waals surface area contributed by atoms with Crippen LogP contribution in [0.2, 0.25) is 0 Å². The van der Waals surface area contributed by atoms with Crippen LogP contribution in [-0.4, -0.2) is 23.5 Å². The lowest BCUT2D eigenvalue weighted by Gasteiger charge is -2.25. The second kappa shape index (κ2) is 8.30. The first kappa shape index (κ1) is 16.2. The van der Waals surface area contributed by atoms with E-state index in [1.807, 2.05) is 18.5 Å². The molecule has 0 aliphatic carbocycles. The largest absolute Gasteiger partial charge is 0.302 e. The Morgan fingerprint density at radius 3 is 2.64 bits per heavy atom. The van der Waals surface area contributed by atoms with Crippen molar-refractivity contribution in [3.63, 3.8) is 0 Å². The summed E-state index contributed by atoms with van der Waals surface area (Å²) in [4.78, 5) is 6.55. The molecule has 0 saturated carbocycles. The molecule has 0 spiro atoms. The molecule has 2 aromatic rings. The molecule has 1 aliphatic heterocycles. The monoisotopic (exact) mass is 292 g/mol. The first-order valence-corrected chi connectivity index (χ1v) is 7.64. The molecular formula is C20H24N2. The van der Waals surface area contributed by atoms with Gasteiger partial charge in [0.1, 0.15) is 0 Å².